The van der Waals surface area contributed by atoms with Crippen molar-refractivity contribution < 1.29 is 0 Å². The fraction of sp³-hybridized carbons (Fsp3) is 0.158. The molecule has 0 atom stereocenters. The Balaban J connectivity index is 1.61. The molecule has 0 aliphatic rings. The maximum absolute atomic E-state index is 6.43. The van der Waals surface area contributed by atoms with E-state index in [4.69, 9.17) is 11.6 Å². The number of rotatable bonds is 5. The molecule has 5 nitrogen and oxygen atoms in total. The van der Waals surface area contributed by atoms with Crippen molar-refractivity contribution in [2.24, 2.45) is 0 Å². The van der Waals surface area contributed by atoms with Gasteiger partial charge in [-0.1, -0.05) is 47.6 Å². The number of thioether (sulfide) groups is 2. The van der Waals surface area contributed by atoms with Crippen molar-refractivity contribution in [3.05, 3.63) is 64.8 Å². The monoisotopic (exact) mass is 413 g/mol. The molecule has 0 spiro atoms. The number of halogens is 1. The summed E-state index contributed by atoms with van der Waals surface area (Å²) in [6.07, 6.45) is 2.05. The van der Waals surface area contributed by atoms with Gasteiger partial charge in [-0.2, -0.15) is 4.68 Å². The smallest absolute Gasteiger partial charge is 0.214 e. The minimum absolute atomic E-state index is 0.517. The molecule has 0 amide bonds. The van der Waals surface area contributed by atoms with E-state index in [1.165, 1.54) is 16.7 Å². The lowest BCUT2D eigenvalue weighted by atomic mass is 10.2. The summed E-state index contributed by atoms with van der Waals surface area (Å²) in [6, 6.07) is 16.3. The maximum atomic E-state index is 6.43. The van der Waals surface area contributed by atoms with Crippen LogP contribution in [0.3, 0.4) is 0 Å². The molecule has 0 saturated heterocycles. The molecule has 2 aromatic heterocycles. The van der Waals surface area contributed by atoms with Crippen LogP contribution in [0.4, 0.5) is 0 Å². The standard InChI is InChI=1S/C19H16ClN5S2/c1-12-5-3-4-6-17(12)25-19(22-23-24-25)27-11-14-9-13-7-8-15(26-2)10-16(13)21-18(14)20/h3-10H,11H2,1-2H3. The molecule has 136 valence electrons. The lowest BCUT2D eigenvalue weighted by Crippen LogP contribution is -2.01. The molecule has 4 aromatic rings. The summed E-state index contributed by atoms with van der Waals surface area (Å²) in [6.45, 7) is 2.04. The highest BCUT2D eigenvalue weighted by molar-refractivity contribution is 7.98. The van der Waals surface area contributed by atoms with Gasteiger partial charge in [-0.05, 0) is 53.4 Å². The van der Waals surface area contributed by atoms with Crippen molar-refractivity contribution in [2.45, 2.75) is 22.7 Å². The average molecular weight is 414 g/mol. The first-order valence-corrected chi connectivity index (χ1v) is 10.8. The van der Waals surface area contributed by atoms with Gasteiger partial charge in [0.2, 0.25) is 5.16 Å². The summed E-state index contributed by atoms with van der Waals surface area (Å²) in [4.78, 5) is 5.73. The highest BCUT2D eigenvalue weighted by atomic mass is 35.5. The van der Waals surface area contributed by atoms with Gasteiger partial charge in [-0.15, -0.1) is 16.9 Å². The normalized spacial score (nSPS) is 11.2. The van der Waals surface area contributed by atoms with E-state index in [0.29, 0.717) is 10.9 Å². The van der Waals surface area contributed by atoms with Gasteiger partial charge in [0.05, 0.1) is 11.2 Å². The Morgan fingerprint density at radius 1 is 1.11 bits per heavy atom. The third-order valence-electron chi connectivity index (χ3n) is 4.19. The van der Waals surface area contributed by atoms with Crippen LogP contribution in [-0.4, -0.2) is 31.4 Å². The minimum Gasteiger partial charge on any atom is -0.236 e. The van der Waals surface area contributed by atoms with Gasteiger partial charge in [0.25, 0.3) is 0 Å². The van der Waals surface area contributed by atoms with Crippen LogP contribution < -0.4 is 0 Å². The van der Waals surface area contributed by atoms with Gasteiger partial charge in [0.1, 0.15) is 5.15 Å². The Hall–Kier alpha value is -2.09. The number of benzene rings is 2. The first-order chi connectivity index (χ1) is 13.2. The van der Waals surface area contributed by atoms with Crippen molar-refractivity contribution in [1.82, 2.24) is 25.2 Å². The molecule has 0 saturated carbocycles. The van der Waals surface area contributed by atoms with Crippen LogP contribution in [0.15, 0.2) is 58.6 Å². The molecule has 0 unspecified atom stereocenters. The van der Waals surface area contributed by atoms with Crippen LogP contribution in [0.2, 0.25) is 5.15 Å². The van der Waals surface area contributed by atoms with Crippen LogP contribution >= 0.6 is 35.1 Å². The second-order valence-corrected chi connectivity index (χ2v) is 8.13. The van der Waals surface area contributed by atoms with Crippen molar-refractivity contribution >= 4 is 46.0 Å². The van der Waals surface area contributed by atoms with E-state index in [0.717, 1.165) is 32.9 Å². The van der Waals surface area contributed by atoms with Crippen LogP contribution in [0.1, 0.15) is 11.1 Å². The number of hydrogen-bond donors (Lipinski definition) is 0. The van der Waals surface area contributed by atoms with Gasteiger partial charge >= 0.3 is 0 Å². The third kappa shape index (κ3) is 3.81. The van der Waals surface area contributed by atoms with Crippen LogP contribution in [0.25, 0.3) is 16.6 Å². The van der Waals surface area contributed by atoms with Crippen LogP contribution in [0, 0.1) is 6.92 Å². The molecule has 2 heterocycles. The number of aryl methyl sites for hydroxylation is 1. The molecule has 0 N–H and O–H groups in total. The van der Waals surface area contributed by atoms with Crippen LogP contribution in [0.5, 0.6) is 0 Å². The largest absolute Gasteiger partial charge is 0.236 e. The van der Waals surface area contributed by atoms with Crippen molar-refractivity contribution in [2.75, 3.05) is 6.26 Å². The molecular formula is C19H16ClN5S2. The van der Waals surface area contributed by atoms with E-state index in [-0.39, 0.29) is 0 Å². The molecule has 8 heteroatoms. The number of aromatic nitrogens is 5. The first-order valence-electron chi connectivity index (χ1n) is 8.26. The summed E-state index contributed by atoms with van der Waals surface area (Å²) in [5.74, 6) is 0.637. The SMILES string of the molecule is CSc1ccc2cc(CSc3nnnn3-c3ccccc3C)c(Cl)nc2c1. The Morgan fingerprint density at radius 2 is 1.96 bits per heavy atom. The average Bonchev–Trinajstić information content (AvgIpc) is 3.14. The van der Waals surface area contributed by atoms with Gasteiger partial charge in [-0.25, -0.2) is 4.98 Å². The number of tetrazole rings is 1. The lowest BCUT2D eigenvalue weighted by Gasteiger charge is -2.09. The maximum Gasteiger partial charge on any atom is 0.214 e. The quantitative estimate of drug-likeness (QED) is 0.331. The van der Waals surface area contributed by atoms with Crippen molar-refractivity contribution in [3.8, 4) is 5.69 Å². The summed E-state index contributed by atoms with van der Waals surface area (Å²) >= 11 is 9.66. The molecule has 27 heavy (non-hydrogen) atoms. The van der Waals surface area contributed by atoms with E-state index < -0.39 is 0 Å². The predicted molar refractivity (Wildman–Crippen MR) is 112 cm³/mol. The second-order valence-electron chi connectivity index (χ2n) is 5.95. The Labute approximate surface area is 170 Å². The van der Waals surface area contributed by atoms with Gasteiger partial charge in [0, 0.05) is 21.6 Å². The van der Waals surface area contributed by atoms with E-state index in [1.54, 1.807) is 16.4 Å². The zero-order valence-electron chi connectivity index (χ0n) is 14.8. The number of para-hydroxylation sites is 1. The fourth-order valence-corrected chi connectivity index (χ4v) is 4.34. The molecule has 0 aliphatic carbocycles. The number of pyridine rings is 1. The third-order valence-corrected chi connectivity index (χ3v) is 6.21. The number of fused-ring (bicyclic) bond motifs is 1. The van der Waals surface area contributed by atoms with E-state index in [2.05, 4.69) is 44.8 Å². The fourth-order valence-electron chi connectivity index (χ4n) is 2.76. The van der Waals surface area contributed by atoms with Crippen molar-refractivity contribution in [1.29, 1.82) is 0 Å². The molecule has 4 rings (SSSR count). The summed E-state index contributed by atoms with van der Waals surface area (Å²) in [7, 11) is 0. The summed E-state index contributed by atoms with van der Waals surface area (Å²) < 4.78 is 1.76. The Morgan fingerprint density at radius 3 is 2.78 bits per heavy atom. The number of hydrogen-bond acceptors (Lipinski definition) is 6. The lowest BCUT2D eigenvalue weighted by molar-refractivity contribution is 0.752. The van der Waals surface area contributed by atoms with Gasteiger partial charge in [0.15, 0.2) is 0 Å². The highest BCUT2D eigenvalue weighted by Gasteiger charge is 2.13. The Bertz CT molecular complexity index is 1110. The van der Waals surface area contributed by atoms with Crippen LogP contribution in [-0.2, 0) is 5.75 Å². The zero-order chi connectivity index (χ0) is 18.8. The van der Waals surface area contributed by atoms with E-state index in [9.17, 15) is 0 Å². The molecular weight excluding hydrogens is 398 g/mol. The minimum atomic E-state index is 0.517. The predicted octanol–water partition coefficient (Wildman–Crippen LogP) is 5.19. The van der Waals surface area contributed by atoms with Crippen molar-refractivity contribution in [3.63, 3.8) is 0 Å². The molecule has 0 fully saturated rings. The summed E-state index contributed by atoms with van der Waals surface area (Å²) in [5, 5.41) is 14.4. The zero-order valence-corrected chi connectivity index (χ0v) is 17.1. The van der Waals surface area contributed by atoms with E-state index >= 15 is 0 Å². The second kappa shape index (κ2) is 7.88. The molecule has 2 aromatic carbocycles. The molecule has 0 aliphatic heterocycles. The molecule has 0 radical (unpaired) electrons. The first kappa shape index (κ1) is 18.3. The van der Waals surface area contributed by atoms with Gasteiger partial charge in [-0.3, -0.25) is 0 Å². The number of nitrogens with zero attached hydrogens (tertiary/aromatic N) is 5. The van der Waals surface area contributed by atoms with Gasteiger partial charge < -0.3 is 0 Å². The van der Waals surface area contributed by atoms with E-state index in [1.807, 2.05) is 37.4 Å². The Kier molecular flexibility index (Phi) is 5.33. The molecule has 0 bridgehead atoms. The summed E-state index contributed by atoms with van der Waals surface area (Å²) in [5.41, 5.74) is 3.95. The highest BCUT2D eigenvalue weighted by Crippen LogP contribution is 2.29. The topological polar surface area (TPSA) is 56.5 Å².